The van der Waals surface area contributed by atoms with Crippen molar-refractivity contribution in [3.63, 3.8) is 0 Å². The topological polar surface area (TPSA) is 74.6 Å². The molecule has 4 aromatic rings. The van der Waals surface area contributed by atoms with E-state index in [1.165, 1.54) is 12.1 Å². The van der Waals surface area contributed by atoms with Gasteiger partial charge in [0, 0.05) is 10.9 Å². The van der Waals surface area contributed by atoms with E-state index >= 15 is 0 Å². The van der Waals surface area contributed by atoms with Crippen LogP contribution in [0.25, 0.3) is 34.2 Å². The molecule has 0 atom stereocenters. The summed E-state index contributed by atoms with van der Waals surface area (Å²) in [4.78, 5) is 0. The number of halogens is 4. The zero-order chi connectivity index (χ0) is 22.0. The van der Waals surface area contributed by atoms with Gasteiger partial charge in [-0.1, -0.05) is 47.7 Å². The Kier molecular flexibility index (Phi) is 5.13. The van der Waals surface area contributed by atoms with Crippen LogP contribution in [0.3, 0.4) is 0 Å². The van der Waals surface area contributed by atoms with Crippen LogP contribution in [0.5, 0.6) is 5.75 Å². The van der Waals surface area contributed by atoms with Crippen molar-refractivity contribution in [3.05, 3.63) is 77.2 Å². The van der Waals surface area contributed by atoms with Gasteiger partial charge >= 0.3 is 6.36 Å². The van der Waals surface area contributed by atoms with Crippen LogP contribution < -0.4 is 4.74 Å². The summed E-state index contributed by atoms with van der Waals surface area (Å²) in [5.74, 6) is -0.842. The first kappa shape index (κ1) is 20.1. The third-order valence-electron chi connectivity index (χ3n) is 4.46. The van der Waals surface area contributed by atoms with Crippen molar-refractivity contribution in [2.45, 2.75) is 6.36 Å². The van der Waals surface area contributed by atoms with E-state index in [4.69, 9.17) is 5.26 Å². The summed E-state index contributed by atoms with van der Waals surface area (Å²) in [5, 5.41) is 19.9. The van der Waals surface area contributed by atoms with Gasteiger partial charge in [0.05, 0.1) is 0 Å². The van der Waals surface area contributed by atoms with Gasteiger partial charge in [-0.2, -0.15) is 5.26 Å². The second kappa shape index (κ2) is 7.91. The maximum atomic E-state index is 14.0. The Morgan fingerprint density at radius 2 is 1.77 bits per heavy atom. The number of aromatic nitrogens is 3. The van der Waals surface area contributed by atoms with Crippen LogP contribution in [0.15, 0.2) is 54.6 Å². The molecule has 1 heterocycles. The summed E-state index contributed by atoms with van der Waals surface area (Å²) < 4.78 is 56.5. The first-order valence-electron chi connectivity index (χ1n) is 8.92. The van der Waals surface area contributed by atoms with Crippen molar-refractivity contribution in [2.24, 2.45) is 0 Å². The minimum Gasteiger partial charge on any atom is -0.406 e. The van der Waals surface area contributed by atoms with Gasteiger partial charge in [-0.15, -0.1) is 18.3 Å². The van der Waals surface area contributed by atoms with Crippen molar-refractivity contribution in [1.82, 2.24) is 15.4 Å². The van der Waals surface area contributed by atoms with E-state index in [2.05, 4.69) is 20.1 Å². The van der Waals surface area contributed by atoms with Crippen LogP contribution in [0, 0.1) is 17.1 Å². The lowest BCUT2D eigenvalue weighted by atomic mass is 10.0. The third kappa shape index (κ3) is 4.38. The summed E-state index contributed by atoms with van der Waals surface area (Å²) >= 11 is 0. The zero-order valence-electron chi connectivity index (χ0n) is 15.6. The number of hydrogen-bond acceptors (Lipinski definition) is 4. The molecule has 1 aromatic heterocycles. The number of nitriles is 1. The van der Waals surface area contributed by atoms with E-state index in [0.29, 0.717) is 21.9 Å². The van der Waals surface area contributed by atoms with Crippen LogP contribution >= 0.6 is 0 Å². The molecular formula is C22H12F4N4O. The molecule has 4 rings (SSSR count). The first-order valence-corrected chi connectivity index (χ1v) is 8.92. The summed E-state index contributed by atoms with van der Waals surface area (Å²) in [5.41, 5.74) is 1.35. The number of rotatable bonds is 4. The van der Waals surface area contributed by atoms with Gasteiger partial charge in [0.1, 0.15) is 23.3 Å². The summed E-state index contributed by atoms with van der Waals surface area (Å²) in [6, 6.07) is 15.5. The van der Waals surface area contributed by atoms with Crippen molar-refractivity contribution in [2.75, 3.05) is 0 Å². The third-order valence-corrected chi connectivity index (χ3v) is 4.46. The Morgan fingerprint density at radius 3 is 2.52 bits per heavy atom. The molecule has 0 spiro atoms. The van der Waals surface area contributed by atoms with E-state index < -0.39 is 12.1 Å². The smallest absolute Gasteiger partial charge is 0.406 e. The van der Waals surface area contributed by atoms with Gasteiger partial charge in [-0.25, -0.2) is 9.49 Å². The Balaban J connectivity index is 1.79. The molecule has 0 saturated heterocycles. The fourth-order valence-corrected chi connectivity index (χ4v) is 3.17. The number of alkyl halides is 3. The number of aromatic amines is 1. The second-order valence-corrected chi connectivity index (χ2v) is 6.50. The summed E-state index contributed by atoms with van der Waals surface area (Å²) in [6.45, 7) is 0. The molecule has 0 bridgehead atoms. The lowest BCUT2D eigenvalue weighted by Gasteiger charge is -2.11. The summed E-state index contributed by atoms with van der Waals surface area (Å²) in [7, 11) is 0. The van der Waals surface area contributed by atoms with Crippen molar-refractivity contribution < 1.29 is 22.3 Å². The monoisotopic (exact) mass is 424 g/mol. The SMILES string of the molecule is N#Cc1[nH]nnc1-c1cc(/C=C/c2ccc(F)c3ccccc23)cc(OC(F)(F)F)c1. The molecular weight excluding hydrogens is 412 g/mol. The van der Waals surface area contributed by atoms with Gasteiger partial charge < -0.3 is 4.74 Å². The number of nitrogens with one attached hydrogen (secondary N) is 1. The molecule has 0 radical (unpaired) electrons. The maximum absolute atomic E-state index is 14.0. The van der Waals surface area contributed by atoms with Gasteiger partial charge in [-0.3, -0.25) is 0 Å². The van der Waals surface area contributed by atoms with Gasteiger partial charge in [-0.05, 0) is 40.8 Å². The molecule has 0 amide bonds. The van der Waals surface area contributed by atoms with Crippen LogP contribution in [-0.2, 0) is 0 Å². The molecule has 31 heavy (non-hydrogen) atoms. The minimum atomic E-state index is -4.89. The van der Waals surface area contributed by atoms with E-state index in [1.807, 2.05) is 6.07 Å². The van der Waals surface area contributed by atoms with Crippen LogP contribution in [0.1, 0.15) is 16.8 Å². The standard InChI is InChI=1S/C22H12F4N4O/c23-19-8-7-14(17-3-1-2-4-18(17)19)6-5-13-9-15(21-20(12-27)28-30-29-21)11-16(10-13)31-22(24,25)26/h1-11H,(H,28,29,30)/b6-5+. The molecule has 0 unspecified atom stereocenters. The van der Waals surface area contributed by atoms with Crippen LogP contribution in [0.2, 0.25) is 0 Å². The van der Waals surface area contributed by atoms with E-state index in [-0.39, 0.29) is 22.8 Å². The maximum Gasteiger partial charge on any atom is 0.573 e. The number of hydrogen-bond donors (Lipinski definition) is 1. The highest BCUT2D eigenvalue weighted by Gasteiger charge is 2.31. The van der Waals surface area contributed by atoms with Crippen molar-refractivity contribution >= 4 is 22.9 Å². The number of nitrogens with zero attached hydrogens (tertiary/aromatic N) is 3. The second-order valence-electron chi connectivity index (χ2n) is 6.50. The molecule has 1 N–H and O–H groups in total. The average Bonchev–Trinajstić information content (AvgIpc) is 3.21. The first-order chi connectivity index (χ1) is 14.8. The quantitative estimate of drug-likeness (QED) is 0.337. The molecule has 0 aliphatic carbocycles. The fourth-order valence-electron chi connectivity index (χ4n) is 3.17. The molecule has 0 aliphatic heterocycles. The molecule has 5 nitrogen and oxygen atoms in total. The zero-order valence-corrected chi connectivity index (χ0v) is 15.6. The predicted molar refractivity (Wildman–Crippen MR) is 106 cm³/mol. The van der Waals surface area contributed by atoms with Crippen LogP contribution in [0.4, 0.5) is 17.6 Å². The fraction of sp³-hybridized carbons (Fsp3) is 0.0455. The van der Waals surface area contributed by atoms with E-state index in [0.717, 1.165) is 6.07 Å². The molecule has 0 fully saturated rings. The van der Waals surface area contributed by atoms with Crippen molar-refractivity contribution in [1.29, 1.82) is 5.26 Å². The number of fused-ring (bicyclic) bond motifs is 1. The van der Waals surface area contributed by atoms with Gasteiger partial charge in [0.25, 0.3) is 0 Å². The lowest BCUT2D eigenvalue weighted by Crippen LogP contribution is -2.17. The molecule has 0 aliphatic rings. The van der Waals surface area contributed by atoms with Crippen molar-refractivity contribution in [3.8, 4) is 23.1 Å². The molecule has 0 saturated carbocycles. The predicted octanol–water partition coefficient (Wildman–Crippen LogP) is 5.70. The molecule has 3 aromatic carbocycles. The van der Waals surface area contributed by atoms with E-state index in [1.54, 1.807) is 48.6 Å². The largest absolute Gasteiger partial charge is 0.573 e. The van der Waals surface area contributed by atoms with Crippen LogP contribution in [-0.4, -0.2) is 21.8 Å². The Labute approximate surface area is 173 Å². The Hall–Kier alpha value is -4.19. The average molecular weight is 424 g/mol. The highest BCUT2D eigenvalue weighted by Crippen LogP contribution is 2.31. The van der Waals surface area contributed by atoms with E-state index in [9.17, 15) is 17.6 Å². The highest BCUT2D eigenvalue weighted by molar-refractivity contribution is 5.93. The molecule has 154 valence electrons. The van der Waals surface area contributed by atoms with Gasteiger partial charge in [0.15, 0.2) is 5.69 Å². The summed E-state index contributed by atoms with van der Waals surface area (Å²) in [6.07, 6.45) is -1.67. The Bertz CT molecular complexity index is 1340. The minimum absolute atomic E-state index is 0.00335. The number of benzene rings is 3. The number of H-pyrrole nitrogens is 1. The lowest BCUT2D eigenvalue weighted by molar-refractivity contribution is -0.274. The van der Waals surface area contributed by atoms with Gasteiger partial charge in [0.2, 0.25) is 0 Å². The Morgan fingerprint density at radius 1 is 1.00 bits per heavy atom. The highest BCUT2D eigenvalue weighted by atomic mass is 19.4. The normalized spacial score (nSPS) is 11.7. The number of ether oxygens (including phenoxy) is 1. The molecule has 9 heteroatoms.